The summed E-state index contributed by atoms with van der Waals surface area (Å²) in [5.74, 6) is 3.00. The van der Waals surface area contributed by atoms with E-state index in [1.54, 1.807) is 14.2 Å². The van der Waals surface area contributed by atoms with E-state index in [0.29, 0.717) is 24.9 Å². The van der Waals surface area contributed by atoms with Crippen molar-refractivity contribution in [3.8, 4) is 17.2 Å². The molecule has 0 saturated carbocycles. The van der Waals surface area contributed by atoms with Gasteiger partial charge < -0.3 is 29.6 Å². The molecule has 0 atom stereocenters. The summed E-state index contributed by atoms with van der Waals surface area (Å²) in [7, 11) is 3.41. The first-order chi connectivity index (χ1) is 15.6. The Kier molecular flexibility index (Phi) is 8.62. The van der Waals surface area contributed by atoms with Crippen molar-refractivity contribution < 1.29 is 18.9 Å². The van der Waals surface area contributed by atoms with E-state index in [-0.39, 0.29) is 5.41 Å². The monoisotopic (exact) mass is 441 g/mol. The standard InChI is InChI=1S/C25H35N3O4/c1-5-31-21-10-7-19(8-11-21)25(13-15-30-16-14-25)18-27-24(26-3)28-20-9-12-22(32-6-2)23(17-20)29-4/h7-12,17H,5-6,13-16,18H2,1-4H3,(H2,26,27,28). The lowest BCUT2D eigenvalue weighted by molar-refractivity contribution is 0.0514. The van der Waals surface area contributed by atoms with Crippen LogP contribution in [0.1, 0.15) is 32.3 Å². The van der Waals surface area contributed by atoms with Crippen molar-refractivity contribution in [2.75, 3.05) is 52.4 Å². The zero-order chi connectivity index (χ0) is 22.8. The van der Waals surface area contributed by atoms with Crippen LogP contribution in [0.3, 0.4) is 0 Å². The number of benzene rings is 2. The highest BCUT2D eigenvalue weighted by molar-refractivity contribution is 5.94. The molecule has 1 saturated heterocycles. The van der Waals surface area contributed by atoms with Crippen LogP contribution >= 0.6 is 0 Å². The summed E-state index contributed by atoms with van der Waals surface area (Å²) in [6, 6.07) is 14.2. The minimum absolute atomic E-state index is 0.0306. The minimum atomic E-state index is -0.0306. The topological polar surface area (TPSA) is 73.3 Å². The molecule has 0 spiro atoms. The van der Waals surface area contributed by atoms with Gasteiger partial charge in [-0.3, -0.25) is 4.99 Å². The lowest BCUT2D eigenvalue weighted by atomic mass is 9.74. The molecule has 0 aromatic heterocycles. The molecule has 2 aromatic carbocycles. The second-order valence-electron chi connectivity index (χ2n) is 7.70. The number of hydrogen-bond acceptors (Lipinski definition) is 5. The lowest BCUT2D eigenvalue weighted by Crippen LogP contribution is -2.46. The van der Waals surface area contributed by atoms with Crippen LogP contribution in [-0.4, -0.2) is 53.1 Å². The number of guanidine groups is 1. The molecular formula is C25H35N3O4. The van der Waals surface area contributed by atoms with E-state index >= 15 is 0 Å². The summed E-state index contributed by atoms with van der Waals surface area (Å²) in [6.07, 6.45) is 1.89. The van der Waals surface area contributed by atoms with E-state index in [0.717, 1.165) is 49.8 Å². The highest BCUT2D eigenvalue weighted by atomic mass is 16.5. The fraction of sp³-hybridized carbons (Fsp3) is 0.480. The number of aliphatic imine (C=N–C) groups is 1. The van der Waals surface area contributed by atoms with E-state index in [2.05, 4.69) is 39.9 Å². The first-order valence-corrected chi connectivity index (χ1v) is 11.2. The molecular weight excluding hydrogens is 406 g/mol. The Morgan fingerprint density at radius 2 is 1.72 bits per heavy atom. The maximum Gasteiger partial charge on any atom is 0.195 e. The van der Waals surface area contributed by atoms with Crippen molar-refractivity contribution in [1.29, 1.82) is 0 Å². The van der Waals surface area contributed by atoms with Gasteiger partial charge in [-0.25, -0.2) is 0 Å². The van der Waals surface area contributed by atoms with Crippen molar-refractivity contribution in [1.82, 2.24) is 5.32 Å². The summed E-state index contributed by atoms with van der Waals surface area (Å²) in [5, 5.41) is 6.88. The zero-order valence-corrected chi connectivity index (χ0v) is 19.6. The average molecular weight is 442 g/mol. The van der Waals surface area contributed by atoms with E-state index in [1.807, 2.05) is 32.0 Å². The number of nitrogens with one attached hydrogen (secondary N) is 2. The van der Waals surface area contributed by atoms with E-state index < -0.39 is 0 Å². The van der Waals surface area contributed by atoms with Gasteiger partial charge in [0.05, 0.1) is 20.3 Å². The summed E-state index contributed by atoms with van der Waals surface area (Å²) in [6.45, 7) is 7.44. The van der Waals surface area contributed by atoms with Crippen molar-refractivity contribution in [3.05, 3.63) is 48.0 Å². The normalized spacial score (nSPS) is 15.7. The molecule has 7 heteroatoms. The number of nitrogens with zero attached hydrogens (tertiary/aromatic N) is 1. The Labute approximate surface area is 191 Å². The number of anilines is 1. The highest BCUT2D eigenvalue weighted by Crippen LogP contribution is 2.35. The SMILES string of the molecule is CCOc1ccc(C2(CNC(=NC)Nc3ccc(OCC)c(OC)c3)CCOCC2)cc1. The van der Waals surface area contributed by atoms with Gasteiger partial charge in [0.15, 0.2) is 17.5 Å². The van der Waals surface area contributed by atoms with Gasteiger partial charge >= 0.3 is 0 Å². The second kappa shape index (κ2) is 11.6. The molecule has 0 radical (unpaired) electrons. The first-order valence-electron chi connectivity index (χ1n) is 11.2. The third-order valence-electron chi connectivity index (χ3n) is 5.77. The van der Waals surface area contributed by atoms with Gasteiger partial charge in [-0.05, 0) is 56.5 Å². The zero-order valence-electron chi connectivity index (χ0n) is 19.6. The van der Waals surface area contributed by atoms with Crippen LogP contribution in [0.5, 0.6) is 17.2 Å². The van der Waals surface area contributed by atoms with Crippen LogP contribution in [0.25, 0.3) is 0 Å². The minimum Gasteiger partial charge on any atom is -0.494 e. The van der Waals surface area contributed by atoms with Crippen LogP contribution in [0.4, 0.5) is 5.69 Å². The molecule has 32 heavy (non-hydrogen) atoms. The lowest BCUT2D eigenvalue weighted by Gasteiger charge is -2.38. The number of methoxy groups -OCH3 is 1. The molecule has 1 fully saturated rings. The molecule has 0 amide bonds. The number of rotatable bonds is 9. The average Bonchev–Trinajstić information content (AvgIpc) is 2.84. The number of ether oxygens (including phenoxy) is 4. The van der Waals surface area contributed by atoms with Crippen LogP contribution in [0, 0.1) is 0 Å². The Bertz CT molecular complexity index is 877. The van der Waals surface area contributed by atoms with Gasteiger partial charge in [0, 0.05) is 44.0 Å². The molecule has 2 aromatic rings. The van der Waals surface area contributed by atoms with Crippen LogP contribution in [0.2, 0.25) is 0 Å². The quantitative estimate of drug-likeness (QED) is 0.448. The fourth-order valence-electron chi connectivity index (χ4n) is 3.99. The Morgan fingerprint density at radius 1 is 1.00 bits per heavy atom. The van der Waals surface area contributed by atoms with Gasteiger partial charge in [0.2, 0.25) is 0 Å². The Hall–Kier alpha value is -2.93. The molecule has 0 aliphatic carbocycles. The summed E-state index contributed by atoms with van der Waals surface area (Å²) < 4.78 is 22.4. The maximum absolute atomic E-state index is 5.67. The van der Waals surface area contributed by atoms with Crippen LogP contribution in [0.15, 0.2) is 47.5 Å². The summed E-state index contributed by atoms with van der Waals surface area (Å²) >= 11 is 0. The van der Waals surface area contributed by atoms with Crippen molar-refractivity contribution in [3.63, 3.8) is 0 Å². The van der Waals surface area contributed by atoms with Gasteiger partial charge in [-0.2, -0.15) is 0 Å². The first kappa shape index (κ1) is 23.7. The van der Waals surface area contributed by atoms with Crippen LogP contribution in [-0.2, 0) is 10.2 Å². The molecule has 1 aliphatic heterocycles. The summed E-state index contributed by atoms with van der Waals surface area (Å²) in [4.78, 5) is 4.42. The summed E-state index contributed by atoms with van der Waals surface area (Å²) in [5.41, 5.74) is 2.13. The Balaban J connectivity index is 1.72. The molecule has 3 rings (SSSR count). The van der Waals surface area contributed by atoms with Crippen molar-refractivity contribution in [2.45, 2.75) is 32.1 Å². The third-order valence-corrected chi connectivity index (χ3v) is 5.77. The van der Waals surface area contributed by atoms with Gasteiger partial charge in [0.1, 0.15) is 5.75 Å². The highest BCUT2D eigenvalue weighted by Gasteiger charge is 2.34. The molecule has 174 valence electrons. The van der Waals surface area contributed by atoms with E-state index in [1.165, 1.54) is 5.56 Å². The third kappa shape index (κ3) is 5.85. The van der Waals surface area contributed by atoms with Gasteiger partial charge in [0.25, 0.3) is 0 Å². The van der Waals surface area contributed by atoms with E-state index in [9.17, 15) is 0 Å². The molecule has 0 bridgehead atoms. The second-order valence-corrected chi connectivity index (χ2v) is 7.70. The van der Waals surface area contributed by atoms with Crippen molar-refractivity contribution in [2.24, 2.45) is 4.99 Å². The maximum atomic E-state index is 5.67. The molecule has 1 heterocycles. The van der Waals surface area contributed by atoms with Crippen LogP contribution < -0.4 is 24.8 Å². The fourth-order valence-corrected chi connectivity index (χ4v) is 3.99. The van der Waals surface area contributed by atoms with Gasteiger partial charge in [-0.15, -0.1) is 0 Å². The van der Waals surface area contributed by atoms with Crippen molar-refractivity contribution >= 4 is 11.6 Å². The van der Waals surface area contributed by atoms with E-state index in [4.69, 9.17) is 18.9 Å². The number of hydrogen-bond donors (Lipinski definition) is 2. The Morgan fingerprint density at radius 3 is 2.34 bits per heavy atom. The van der Waals surface area contributed by atoms with Gasteiger partial charge in [-0.1, -0.05) is 12.1 Å². The molecule has 1 aliphatic rings. The molecule has 7 nitrogen and oxygen atoms in total. The predicted octanol–water partition coefficient (Wildman–Crippen LogP) is 4.23. The largest absolute Gasteiger partial charge is 0.494 e. The molecule has 2 N–H and O–H groups in total. The molecule has 0 unspecified atom stereocenters. The smallest absolute Gasteiger partial charge is 0.195 e. The predicted molar refractivity (Wildman–Crippen MR) is 128 cm³/mol.